The molecular weight excluding hydrogens is 220 g/mol. The van der Waals surface area contributed by atoms with E-state index in [0.29, 0.717) is 0 Å². The van der Waals surface area contributed by atoms with Gasteiger partial charge in [0, 0.05) is 24.7 Å². The van der Waals surface area contributed by atoms with Crippen molar-refractivity contribution in [1.29, 1.82) is 0 Å². The first-order chi connectivity index (χ1) is 8.83. The number of fused-ring (bicyclic) bond motifs is 1. The van der Waals surface area contributed by atoms with Crippen LogP contribution >= 0.6 is 0 Å². The van der Waals surface area contributed by atoms with Crippen LogP contribution in [0.25, 0.3) is 0 Å². The molecule has 0 spiro atoms. The fraction of sp³-hybridized carbons (Fsp3) is 1.00. The Bertz CT molecular complexity index is 266. The molecule has 2 saturated heterocycles. The van der Waals surface area contributed by atoms with Crippen LogP contribution < -0.4 is 5.32 Å². The molecule has 0 aromatic carbocycles. The lowest BCUT2D eigenvalue weighted by atomic mass is 9.97. The number of nitrogens with zero attached hydrogens (tertiary/aromatic N) is 1. The Morgan fingerprint density at radius 1 is 0.833 bits per heavy atom. The summed E-state index contributed by atoms with van der Waals surface area (Å²) in [6.45, 7) is 5.15. The maximum absolute atomic E-state index is 4.04. The van der Waals surface area contributed by atoms with Crippen molar-refractivity contribution in [1.82, 2.24) is 10.2 Å². The van der Waals surface area contributed by atoms with Gasteiger partial charge in [0.1, 0.15) is 0 Å². The van der Waals surface area contributed by atoms with Crippen molar-refractivity contribution >= 4 is 0 Å². The van der Waals surface area contributed by atoms with E-state index in [9.17, 15) is 0 Å². The average Bonchev–Trinajstić information content (AvgIpc) is 2.67. The van der Waals surface area contributed by atoms with Crippen molar-refractivity contribution < 1.29 is 0 Å². The van der Waals surface area contributed by atoms with Crippen LogP contribution in [0.4, 0.5) is 0 Å². The van der Waals surface area contributed by atoms with Gasteiger partial charge in [0.2, 0.25) is 0 Å². The molecule has 18 heavy (non-hydrogen) atoms. The standard InChI is InChI=1S/C16H30N2/c1-13-5-4-6-14(9-8-13)17-15-10-12-18-11-3-2-7-16(15)18/h13-17H,2-12H2,1H3. The number of nitrogens with one attached hydrogen (secondary N) is 1. The smallest absolute Gasteiger partial charge is 0.0249 e. The molecule has 1 aliphatic carbocycles. The van der Waals surface area contributed by atoms with E-state index in [1.165, 1.54) is 70.9 Å². The van der Waals surface area contributed by atoms with Crippen LogP contribution in [0.2, 0.25) is 0 Å². The highest BCUT2D eigenvalue weighted by Crippen LogP contribution is 2.29. The highest BCUT2D eigenvalue weighted by atomic mass is 15.2. The van der Waals surface area contributed by atoms with Crippen LogP contribution in [-0.2, 0) is 0 Å². The minimum Gasteiger partial charge on any atom is -0.310 e. The second-order valence-corrected chi connectivity index (χ2v) is 6.97. The minimum atomic E-state index is 0.809. The Kier molecular flexibility index (Phi) is 4.25. The highest BCUT2D eigenvalue weighted by Gasteiger charge is 2.36. The van der Waals surface area contributed by atoms with E-state index in [1.807, 2.05) is 0 Å². The van der Waals surface area contributed by atoms with Crippen molar-refractivity contribution in [2.45, 2.75) is 82.8 Å². The zero-order valence-corrected chi connectivity index (χ0v) is 12.0. The lowest BCUT2D eigenvalue weighted by Gasteiger charge is -2.34. The number of hydrogen-bond donors (Lipinski definition) is 1. The van der Waals surface area contributed by atoms with Crippen LogP contribution in [-0.4, -0.2) is 36.1 Å². The average molecular weight is 250 g/mol. The number of rotatable bonds is 2. The summed E-state index contributed by atoms with van der Waals surface area (Å²) < 4.78 is 0. The molecule has 0 amide bonds. The summed E-state index contributed by atoms with van der Waals surface area (Å²) >= 11 is 0. The lowest BCUT2D eigenvalue weighted by Crippen LogP contribution is -2.48. The molecule has 3 aliphatic rings. The van der Waals surface area contributed by atoms with Crippen LogP contribution in [0.5, 0.6) is 0 Å². The van der Waals surface area contributed by atoms with Gasteiger partial charge in [0.25, 0.3) is 0 Å². The Morgan fingerprint density at radius 2 is 1.78 bits per heavy atom. The quantitative estimate of drug-likeness (QED) is 0.757. The van der Waals surface area contributed by atoms with Crippen molar-refractivity contribution in [3.63, 3.8) is 0 Å². The molecular formula is C16H30N2. The van der Waals surface area contributed by atoms with Crippen LogP contribution in [0.1, 0.15) is 64.7 Å². The van der Waals surface area contributed by atoms with Crippen LogP contribution in [0.3, 0.4) is 0 Å². The Labute approximate surface area is 113 Å². The molecule has 0 radical (unpaired) electrons. The van der Waals surface area contributed by atoms with E-state index in [4.69, 9.17) is 0 Å². The third-order valence-corrected chi connectivity index (χ3v) is 5.56. The summed E-state index contributed by atoms with van der Waals surface area (Å²) in [5.41, 5.74) is 0. The second-order valence-electron chi connectivity index (χ2n) is 6.97. The van der Waals surface area contributed by atoms with Gasteiger partial charge in [-0.05, 0) is 51.0 Å². The van der Waals surface area contributed by atoms with E-state index in [2.05, 4.69) is 17.1 Å². The molecule has 0 aromatic rings. The molecule has 3 rings (SSSR count). The van der Waals surface area contributed by atoms with Crippen molar-refractivity contribution in [3.05, 3.63) is 0 Å². The molecule has 104 valence electrons. The van der Waals surface area contributed by atoms with Gasteiger partial charge in [-0.3, -0.25) is 4.90 Å². The van der Waals surface area contributed by atoms with Gasteiger partial charge in [-0.25, -0.2) is 0 Å². The van der Waals surface area contributed by atoms with Gasteiger partial charge >= 0.3 is 0 Å². The number of piperidine rings is 1. The van der Waals surface area contributed by atoms with Gasteiger partial charge in [-0.15, -0.1) is 0 Å². The number of hydrogen-bond acceptors (Lipinski definition) is 2. The van der Waals surface area contributed by atoms with E-state index in [-0.39, 0.29) is 0 Å². The summed E-state index contributed by atoms with van der Waals surface area (Å²) in [7, 11) is 0. The molecule has 1 N–H and O–H groups in total. The maximum atomic E-state index is 4.04. The molecule has 1 saturated carbocycles. The predicted molar refractivity (Wildman–Crippen MR) is 76.8 cm³/mol. The van der Waals surface area contributed by atoms with Crippen LogP contribution in [0.15, 0.2) is 0 Å². The molecule has 2 heteroatoms. The summed E-state index contributed by atoms with van der Waals surface area (Å²) in [5.74, 6) is 0.964. The molecule has 4 unspecified atom stereocenters. The monoisotopic (exact) mass is 250 g/mol. The molecule has 0 bridgehead atoms. The summed E-state index contributed by atoms with van der Waals surface area (Å²) in [4.78, 5) is 2.75. The van der Waals surface area contributed by atoms with Gasteiger partial charge in [-0.1, -0.05) is 26.2 Å². The Morgan fingerprint density at radius 3 is 2.72 bits per heavy atom. The first-order valence-electron chi connectivity index (χ1n) is 8.33. The third-order valence-electron chi connectivity index (χ3n) is 5.56. The van der Waals surface area contributed by atoms with Crippen molar-refractivity contribution in [2.75, 3.05) is 13.1 Å². The fourth-order valence-corrected chi connectivity index (χ4v) is 4.40. The molecule has 2 heterocycles. The SMILES string of the molecule is CC1CCCC(NC2CCN3CCCCC23)CC1. The van der Waals surface area contributed by atoms with E-state index in [1.54, 1.807) is 0 Å². The fourth-order valence-electron chi connectivity index (χ4n) is 4.40. The third kappa shape index (κ3) is 2.91. The Hall–Kier alpha value is -0.0800. The maximum Gasteiger partial charge on any atom is 0.0249 e. The van der Waals surface area contributed by atoms with Crippen molar-refractivity contribution in [3.8, 4) is 0 Å². The van der Waals surface area contributed by atoms with Crippen LogP contribution in [0, 0.1) is 5.92 Å². The van der Waals surface area contributed by atoms with Crippen molar-refractivity contribution in [2.24, 2.45) is 5.92 Å². The van der Waals surface area contributed by atoms with Gasteiger partial charge in [0.05, 0.1) is 0 Å². The first kappa shape index (κ1) is 12.9. The highest BCUT2D eigenvalue weighted by molar-refractivity contribution is 4.95. The van der Waals surface area contributed by atoms with E-state index < -0.39 is 0 Å². The molecule has 2 aliphatic heterocycles. The zero-order chi connectivity index (χ0) is 12.4. The summed E-state index contributed by atoms with van der Waals surface area (Å²) in [6, 6.07) is 2.50. The predicted octanol–water partition coefficient (Wildman–Crippen LogP) is 3.17. The largest absolute Gasteiger partial charge is 0.310 e. The van der Waals surface area contributed by atoms with Gasteiger partial charge in [0.15, 0.2) is 0 Å². The zero-order valence-electron chi connectivity index (χ0n) is 12.0. The Balaban J connectivity index is 1.52. The summed E-state index contributed by atoms with van der Waals surface area (Å²) in [6.07, 6.45) is 12.9. The van der Waals surface area contributed by atoms with E-state index in [0.717, 1.165) is 24.0 Å². The first-order valence-corrected chi connectivity index (χ1v) is 8.33. The summed E-state index contributed by atoms with van der Waals surface area (Å²) in [5, 5.41) is 4.04. The second kappa shape index (κ2) is 5.92. The van der Waals surface area contributed by atoms with E-state index >= 15 is 0 Å². The lowest BCUT2D eigenvalue weighted by molar-refractivity contribution is 0.175. The normalized spacial score (nSPS) is 42.5. The van der Waals surface area contributed by atoms with Gasteiger partial charge < -0.3 is 5.32 Å². The van der Waals surface area contributed by atoms with Gasteiger partial charge in [-0.2, -0.15) is 0 Å². The molecule has 4 atom stereocenters. The minimum absolute atomic E-state index is 0.809. The molecule has 2 nitrogen and oxygen atoms in total. The molecule has 3 fully saturated rings. The molecule has 0 aromatic heterocycles. The topological polar surface area (TPSA) is 15.3 Å².